The van der Waals surface area contributed by atoms with Gasteiger partial charge < -0.3 is 25.2 Å². The Hall–Kier alpha value is -3.50. The Labute approximate surface area is 184 Å². The van der Waals surface area contributed by atoms with E-state index < -0.39 is 60.0 Å². The monoisotopic (exact) mass is 454 g/mol. The van der Waals surface area contributed by atoms with Gasteiger partial charge in [-0.25, -0.2) is 9.18 Å². The number of hydrogen-bond donors (Lipinski definition) is 3. The van der Waals surface area contributed by atoms with Crippen LogP contribution in [0.15, 0.2) is 24.3 Å². The fourth-order valence-electron chi connectivity index (χ4n) is 2.91. The van der Waals surface area contributed by atoms with Crippen LogP contribution in [0, 0.1) is 11.7 Å². The fourth-order valence-corrected chi connectivity index (χ4v) is 2.91. The van der Waals surface area contributed by atoms with E-state index >= 15 is 0 Å². The first-order valence-electron chi connectivity index (χ1n) is 9.96. The van der Waals surface area contributed by atoms with Crippen molar-refractivity contribution >= 4 is 29.7 Å². The molecule has 3 atom stereocenters. The topological polar surface area (TPSA) is 148 Å². The van der Waals surface area contributed by atoms with Crippen molar-refractivity contribution in [3.05, 3.63) is 35.6 Å². The van der Waals surface area contributed by atoms with Gasteiger partial charge in [-0.1, -0.05) is 18.2 Å². The maximum absolute atomic E-state index is 14.0. The van der Waals surface area contributed by atoms with Crippen molar-refractivity contribution in [3.8, 4) is 0 Å². The summed E-state index contributed by atoms with van der Waals surface area (Å²) in [6, 6.07) is 2.38. The van der Waals surface area contributed by atoms with Crippen molar-refractivity contribution in [3.63, 3.8) is 0 Å². The van der Waals surface area contributed by atoms with Crippen LogP contribution in [-0.2, 0) is 39.9 Å². The number of esters is 2. The summed E-state index contributed by atoms with van der Waals surface area (Å²) >= 11 is 0. The Bertz CT molecular complexity index is 845. The molecule has 1 aromatic rings. The summed E-state index contributed by atoms with van der Waals surface area (Å²) in [7, 11) is 0. The Morgan fingerprint density at radius 2 is 1.66 bits per heavy atom. The molecule has 0 aliphatic heterocycles. The first-order valence-corrected chi connectivity index (χ1v) is 9.96. The van der Waals surface area contributed by atoms with E-state index in [1.165, 1.54) is 38.1 Å². The van der Waals surface area contributed by atoms with Gasteiger partial charge in [0.05, 0.1) is 25.6 Å². The van der Waals surface area contributed by atoms with Crippen LogP contribution in [0.4, 0.5) is 4.39 Å². The summed E-state index contributed by atoms with van der Waals surface area (Å²) in [6.45, 7) is 4.09. The molecular weight excluding hydrogens is 427 g/mol. The molecule has 0 radical (unpaired) electrons. The zero-order valence-electron chi connectivity index (χ0n) is 18.1. The zero-order chi connectivity index (χ0) is 24.3. The summed E-state index contributed by atoms with van der Waals surface area (Å²) in [5.41, 5.74) is 0.113. The second kappa shape index (κ2) is 13.0. The number of carbonyl (C=O) groups is 5. The minimum absolute atomic E-state index is 0.00568. The molecule has 32 heavy (non-hydrogen) atoms. The highest BCUT2D eigenvalue weighted by Crippen LogP contribution is 2.15. The predicted molar refractivity (Wildman–Crippen MR) is 109 cm³/mol. The maximum Gasteiger partial charge on any atom is 0.327 e. The van der Waals surface area contributed by atoms with E-state index in [1.807, 2.05) is 0 Å². The molecule has 0 bridgehead atoms. The second-order valence-electron chi connectivity index (χ2n) is 6.74. The number of nitrogens with one attached hydrogen (secondary N) is 2. The van der Waals surface area contributed by atoms with Crippen molar-refractivity contribution in [1.29, 1.82) is 0 Å². The quantitative estimate of drug-likeness (QED) is 0.388. The lowest BCUT2D eigenvalue weighted by Gasteiger charge is -2.25. The number of amides is 2. The number of carboxylic acid groups (broad SMARTS) is 1. The van der Waals surface area contributed by atoms with Gasteiger partial charge in [-0.05, 0) is 25.5 Å². The number of hydrogen-bond acceptors (Lipinski definition) is 7. The number of halogens is 1. The van der Waals surface area contributed by atoms with Crippen molar-refractivity contribution in [2.24, 2.45) is 5.92 Å². The van der Waals surface area contributed by atoms with Gasteiger partial charge in [0.2, 0.25) is 11.8 Å². The number of rotatable bonds is 12. The maximum atomic E-state index is 14.0. The second-order valence-corrected chi connectivity index (χ2v) is 6.74. The highest BCUT2D eigenvalue weighted by molar-refractivity contribution is 5.93. The van der Waals surface area contributed by atoms with Gasteiger partial charge in [0.15, 0.2) is 0 Å². The molecular formula is C21H27FN2O8. The van der Waals surface area contributed by atoms with E-state index in [0.29, 0.717) is 0 Å². The van der Waals surface area contributed by atoms with Crippen molar-refractivity contribution in [2.75, 3.05) is 13.2 Å². The molecule has 0 saturated carbocycles. The van der Waals surface area contributed by atoms with Gasteiger partial charge in [-0.15, -0.1) is 0 Å². The standard InChI is InChI=1S/C21H27FN2O8/c1-4-31-17(26)11-14(21(30)32-5-2)18(20(28)29)24-19(27)16(23-12(3)25)10-13-8-6-7-9-15(13)22/h6-9,14,16,18H,4-5,10-11H2,1-3H3,(H,23,25)(H,24,27)(H,28,29)/t14-,16+,18-/m1/s1. The zero-order valence-corrected chi connectivity index (χ0v) is 18.1. The third-order valence-electron chi connectivity index (χ3n) is 4.32. The van der Waals surface area contributed by atoms with Gasteiger partial charge in [-0.3, -0.25) is 19.2 Å². The van der Waals surface area contributed by atoms with E-state index in [-0.39, 0.29) is 25.2 Å². The molecule has 0 saturated heterocycles. The number of carbonyl (C=O) groups excluding carboxylic acids is 4. The van der Waals surface area contributed by atoms with Crippen LogP contribution in [0.1, 0.15) is 32.8 Å². The molecule has 0 heterocycles. The first kappa shape index (κ1) is 26.5. The van der Waals surface area contributed by atoms with Crippen LogP contribution in [0.25, 0.3) is 0 Å². The van der Waals surface area contributed by atoms with E-state index in [2.05, 4.69) is 10.6 Å². The lowest BCUT2D eigenvalue weighted by atomic mass is 9.95. The molecule has 1 rings (SSSR count). The first-order chi connectivity index (χ1) is 15.1. The summed E-state index contributed by atoms with van der Waals surface area (Å²) < 4.78 is 23.7. The molecule has 2 amide bonds. The van der Waals surface area contributed by atoms with Crippen molar-refractivity contribution in [1.82, 2.24) is 10.6 Å². The molecule has 0 unspecified atom stereocenters. The van der Waals surface area contributed by atoms with Crippen molar-refractivity contribution in [2.45, 2.75) is 45.7 Å². The minimum atomic E-state index is -1.86. The van der Waals surface area contributed by atoms with E-state index in [4.69, 9.17) is 9.47 Å². The highest BCUT2D eigenvalue weighted by atomic mass is 19.1. The third-order valence-corrected chi connectivity index (χ3v) is 4.32. The average molecular weight is 454 g/mol. The molecule has 0 aliphatic carbocycles. The van der Waals surface area contributed by atoms with E-state index in [1.54, 1.807) is 0 Å². The van der Waals surface area contributed by atoms with E-state index in [9.17, 15) is 33.5 Å². The number of ether oxygens (including phenoxy) is 2. The highest BCUT2D eigenvalue weighted by Gasteiger charge is 2.39. The largest absolute Gasteiger partial charge is 0.480 e. The lowest BCUT2D eigenvalue weighted by molar-refractivity contribution is -0.160. The molecule has 0 fully saturated rings. The van der Waals surface area contributed by atoms with Crippen LogP contribution in [0.3, 0.4) is 0 Å². The molecule has 0 aromatic heterocycles. The van der Waals surface area contributed by atoms with Crippen LogP contribution >= 0.6 is 0 Å². The lowest BCUT2D eigenvalue weighted by Crippen LogP contribution is -2.56. The summed E-state index contributed by atoms with van der Waals surface area (Å²) in [6.07, 6.45) is -0.922. The Kier molecular flexibility index (Phi) is 10.8. The van der Waals surface area contributed by atoms with Gasteiger partial charge in [-0.2, -0.15) is 0 Å². The summed E-state index contributed by atoms with van der Waals surface area (Å²) in [4.78, 5) is 60.5. The smallest absolute Gasteiger partial charge is 0.327 e. The molecule has 11 heteroatoms. The number of carboxylic acids is 1. The van der Waals surface area contributed by atoms with Gasteiger partial charge in [0, 0.05) is 13.3 Å². The van der Waals surface area contributed by atoms with E-state index in [0.717, 1.165) is 6.92 Å². The third kappa shape index (κ3) is 8.32. The normalized spacial score (nSPS) is 13.2. The van der Waals surface area contributed by atoms with Crippen LogP contribution in [0.2, 0.25) is 0 Å². The molecule has 0 spiro atoms. The van der Waals surface area contributed by atoms with Crippen molar-refractivity contribution < 1.29 is 42.9 Å². The molecule has 10 nitrogen and oxygen atoms in total. The Morgan fingerprint density at radius 1 is 1.03 bits per heavy atom. The van der Waals surface area contributed by atoms with Crippen LogP contribution in [0.5, 0.6) is 0 Å². The Balaban J connectivity index is 3.16. The van der Waals surface area contributed by atoms with Gasteiger partial charge in [0.25, 0.3) is 0 Å². The van der Waals surface area contributed by atoms with Crippen LogP contribution in [-0.4, -0.2) is 60.1 Å². The fraction of sp³-hybridized carbons (Fsp3) is 0.476. The van der Waals surface area contributed by atoms with Crippen LogP contribution < -0.4 is 10.6 Å². The number of aliphatic carboxylic acids is 1. The minimum Gasteiger partial charge on any atom is -0.480 e. The SMILES string of the molecule is CCOC(=O)C[C@@H](C(=O)OCC)[C@@H](NC(=O)[C@H](Cc1ccccc1F)NC(C)=O)C(=O)O. The van der Waals surface area contributed by atoms with Gasteiger partial charge >= 0.3 is 17.9 Å². The molecule has 0 aliphatic rings. The Morgan fingerprint density at radius 3 is 2.19 bits per heavy atom. The van der Waals surface area contributed by atoms with Gasteiger partial charge in [0.1, 0.15) is 17.9 Å². The predicted octanol–water partition coefficient (Wildman–Crippen LogP) is 0.575. The average Bonchev–Trinajstić information content (AvgIpc) is 2.71. The molecule has 1 aromatic carbocycles. The number of benzene rings is 1. The molecule has 176 valence electrons. The molecule has 3 N–H and O–H groups in total. The summed E-state index contributed by atoms with van der Waals surface area (Å²) in [5, 5.41) is 14.1. The summed E-state index contributed by atoms with van der Waals surface area (Å²) in [5.74, 6) is -7.25.